The van der Waals surface area contributed by atoms with Gasteiger partial charge in [-0.15, -0.1) is 0 Å². The van der Waals surface area contributed by atoms with Crippen molar-refractivity contribution < 1.29 is 4.79 Å². The maximum atomic E-state index is 11.1. The minimum atomic E-state index is 0.0856. The maximum Gasteiger partial charge on any atom is 0.245 e. The Hall–Kier alpha value is -0.860. The van der Waals surface area contributed by atoms with Crippen molar-refractivity contribution in [2.24, 2.45) is 16.9 Å². The van der Waals surface area contributed by atoms with Crippen LogP contribution in [0.25, 0.3) is 0 Å². The number of hydrogen-bond acceptors (Lipinski definition) is 2. The highest BCUT2D eigenvalue weighted by Crippen LogP contribution is 2.15. The van der Waals surface area contributed by atoms with Gasteiger partial charge < -0.3 is 0 Å². The minimum absolute atomic E-state index is 0.0856. The summed E-state index contributed by atoms with van der Waals surface area (Å²) in [5.41, 5.74) is 0. The Kier molecular flexibility index (Phi) is 1.74. The molecule has 0 fully saturated rings. The lowest BCUT2D eigenvalue weighted by atomic mass is 9.95. The van der Waals surface area contributed by atoms with Crippen LogP contribution in [0.3, 0.4) is 0 Å². The molecule has 10 heavy (non-hydrogen) atoms. The Morgan fingerprint density at radius 2 is 2.20 bits per heavy atom. The molecule has 0 bridgehead atoms. The normalized spacial score (nSPS) is 33.1. The lowest BCUT2D eigenvalue weighted by Crippen LogP contribution is -2.35. The summed E-state index contributed by atoms with van der Waals surface area (Å²) in [6.07, 6.45) is 1.81. The Bertz CT molecular complexity index is 176. The van der Waals surface area contributed by atoms with Gasteiger partial charge in [0.15, 0.2) is 0 Å². The molecule has 0 aromatic carbocycles. The highest BCUT2D eigenvalue weighted by molar-refractivity contribution is 5.85. The molecule has 56 valence electrons. The second kappa shape index (κ2) is 2.40. The van der Waals surface area contributed by atoms with Crippen molar-refractivity contribution in [1.29, 1.82) is 0 Å². The third-order valence-electron chi connectivity index (χ3n) is 1.97. The molecule has 0 aliphatic carbocycles. The zero-order valence-electron chi connectivity index (χ0n) is 6.53. The molecule has 1 heterocycles. The van der Waals surface area contributed by atoms with Gasteiger partial charge in [-0.05, 0) is 0 Å². The van der Waals surface area contributed by atoms with Crippen LogP contribution in [-0.2, 0) is 4.79 Å². The zero-order chi connectivity index (χ0) is 7.72. The van der Waals surface area contributed by atoms with Crippen LogP contribution in [0.5, 0.6) is 0 Å². The Labute approximate surface area is 60.7 Å². The summed E-state index contributed by atoms with van der Waals surface area (Å²) in [4.78, 5) is 11.1. The summed E-state index contributed by atoms with van der Waals surface area (Å²) in [5, 5.41) is 5.29. The summed E-state index contributed by atoms with van der Waals surface area (Å²) in [6, 6.07) is 0. The summed E-state index contributed by atoms with van der Waals surface area (Å²) < 4.78 is 0. The first kappa shape index (κ1) is 7.25. The first-order chi connectivity index (χ1) is 4.63. The van der Waals surface area contributed by atoms with Gasteiger partial charge in [0.25, 0.3) is 0 Å². The fourth-order valence-corrected chi connectivity index (χ4v) is 0.911. The number of carbonyl (C=O) groups excluding carboxylic acids is 1. The predicted molar refractivity (Wildman–Crippen MR) is 39.6 cm³/mol. The number of hydrogen-bond donors (Lipinski definition) is 0. The van der Waals surface area contributed by atoms with Gasteiger partial charge in [-0.3, -0.25) is 4.79 Å². The van der Waals surface area contributed by atoms with Crippen molar-refractivity contribution in [2.75, 3.05) is 7.05 Å². The van der Waals surface area contributed by atoms with E-state index in [4.69, 9.17) is 0 Å². The monoisotopic (exact) mass is 140 g/mol. The van der Waals surface area contributed by atoms with Crippen LogP contribution in [0.2, 0.25) is 0 Å². The van der Waals surface area contributed by atoms with Crippen LogP contribution in [0.15, 0.2) is 5.10 Å². The first-order valence-corrected chi connectivity index (χ1v) is 3.44. The van der Waals surface area contributed by atoms with Gasteiger partial charge in [-0.2, -0.15) is 5.10 Å². The second-order valence-electron chi connectivity index (χ2n) is 2.77. The average Bonchev–Trinajstić information content (AvgIpc) is 1.93. The summed E-state index contributed by atoms with van der Waals surface area (Å²) in [7, 11) is 1.68. The molecule has 0 spiro atoms. The first-order valence-electron chi connectivity index (χ1n) is 3.44. The molecular formula is C7H12N2O. The molecule has 2 atom stereocenters. The van der Waals surface area contributed by atoms with Gasteiger partial charge in [-0.1, -0.05) is 13.8 Å². The molecule has 3 nitrogen and oxygen atoms in total. The van der Waals surface area contributed by atoms with E-state index < -0.39 is 0 Å². The molecule has 1 rings (SSSR count). The number of carbonyl (C=O) groups is 1. The molecule has 0 radical (unpaired) electrons. The highest BCUT2D eigenvalue weighted by Gasteiger charge is 2.25. The van der Waals surface area contributed by atoms with Crippen molar-refractivity contribution in [1.82, 2.24) is 5.01 Å². The lowest BCUT2D eigenvalue weighted by Gasteiger charge is -2.24. The second-order valence-corrected chi connectivity index (χ2v) is 2.77. The van der Waals surface area contributed by atoms with E-state index in [9.17, 15) is 4.79 Å². The lowest BCUT2D eigenvalue weighted by molar-refractivity contribution is -0.135. The van der Waals surface area contributed by atoms with Gasteiger partial charge in [0, 0.05) is 25.1 Å². The molecule has 0 aromatic rings. The zero-order valence-corrected chi connectivity index (χ0v) is 6.53. The molecular weight excluding hydrogens is 128 g/mol. The molecule has 1 amide bonds. The van der Waals surface area contributed by atoms with Gasteiger partial charge >= 0.3 is 0 Å². The fraction of sp³-hybridized carbons (Fsp3) is 0.714. The van der Waals surface area contributed by atoms with E-state index in [2.05, 4.69) is 5.10 Å². The topological polar surface area (TPSA) is 32.7 Å². The SMILES string of the molecule is CC1C=NN(C)C(=O)C1C. The van der Waals surface area contributed by atoms with Crippen LogP contribution in [-0.4, -0.2) is 24.2 Å². The van der Waals surface area contributed by atoms with Gasteiger partial charge in [0.2, 0.25) is 5.91 Å². The molecule has 1 aliphatic rings. The smallest absolute Gasteiger partial charge is 0.245 e. The van der Waals surface area contributed by atoms with Gasteiger partial charge in [0.1, 0.15) is 0 Å². The standard InChI is InChI=1S/C7H12N2O/c1-5-4-8-9(3)7(10)6(5)2/h4-6H,1-3H3. The van der Waals surface area contributed by atoms with E-state index in [-0.39, 0.29) is 17.7 Å². The van der Waals surface area contributed by atoms with E-state index in [0.29, 0.717) is 0 Å². The fourth-order valence-electron chi connectivity index (χ4n) is 0.911. The molecule has 0 saturated heterocycles. The Balaban J connectivity index is 2.79. The van der Waals surface area contributed by atoms with Crippen LogP contribution in [0.4, 0.5) is 0 Å². The number of rotatable bonds is 0. The van der Waals surface area contributed by atoms with Crippen molar-refractivity contribution in [3.63, 3.8) is 0 Å². The van der Waals surface area contributed by atoms with Gasteiger partial charge in [-0.25, -0.2) is 5.01 Å². The van der Waals surface area contributed by atoms with Crippen molar-refractivity contribution in [3.05, 3.63) is 0 Å². The van der Waals surface area contributed by atoms with Crippen LogP contribution in [0.1, 0.15) is 13.8 Å². The third-order valence-corrected chi connectivity index (χ3v) is 1.97. The van der Waals surface area contributed by atoms with E-state index >= 15 is 0 Å². The molecule has 0 aromatic heterocycles. The molecule has 0 N–H and O–H groups in total. The van der Waals surface area contributed by atoms with Crippen LogP contribution < -0.4 is 0 Å². The van der Waals surface area contributed by atoms with E-state index in [1.165, 1.54) is 5.01 Å². The van der Waals surface area contributed by atoms with E-state index in [0.717, 1.165) is 0 Å². The molecule has 0 saturated carbocycles. The van der Waals surface area contributed by atoms with Crippen molar-refractivity contribution >= 4 is 12.1 Å². The highest BCUT2D eigenvalue weighted by atomic mass is 16.2. The van der Waals surface area contributed by atoms with Gasteiger partial charge in [0.05, 0.1) is 0 Å². The minimum Gasteiger partial charge on any atom is -0.273 e. The Morgan fingerprint density at radius 1 is 1.60 bits per heavy atom. The summed E-state index contributed by atoms with van der Waals surface area (Å²) in [5.74, 6) is 0.473. The summed E-state index contributed by atoms with van der Waals surface area (Å²) in [6.45, 7) is 3.92. The van der Waals surface area contributed by atoms with E-state index in [1.54, 1.807) is 7.05 Å². The van der Waals surface area contributed by atoms with Crippen molar-refractivity contribution in [2.45, 2.75) is 13.8 Å². The Morgan fingerprint density at radius 3 is 2.70 bits per heavy atom. The number of nitrogens with zero attached hydrogens (tertiary/aromatic N) is 2. The maximum absolute atomic E-state index is 11.1. The van der Waals surface area contributed by atoms with Crippen LogP contribution >= 0.6 is 0 Å². The quantitative estimate of drug-likeness (QED) is 0.488. The molecule has 3 heteroatoms. The number of hydrazone groups is 1. The third kappa shape index (κ3) is 1.03. The van der Waals surface area contributed by atoms with E-state index in [1.807, 2.05) is 20.1 Å². The van der Waals surface area contributed by atoms with Crippen molar-refractivity contribution in [3.8, 4) is 0 Å². The molecule has 2 unspecified atom stereocenters. The largest absolute Gasteiger partial charge is 0.273 e. The predicted octanol–water partition coefficient (Wildman–Crippen LogP) is 0.716. The van der Waals surface area contributed by atoms with Crippen LogP contribution in [0, 0.1) is 11.8 Å². The average molecular weight is 140 g/mol. The molecule has 1 aliphatic heterocycles. The summed E-state index contributed by atoms with van der Waals surface area (Å²) >= 11 is 0. The number of amides is 1.